The van der Waals surface area contributed by atoms with E-state index in [2.05, 4.69) is 10.0 Å². The number of rotatable bonds is 9. The summed E-state index contributed by atoms with van der Waals surface area (Å²) < 4.78 is 31.2. The van der Waals surface area contributed by atoms with Gasteiger partial charge >= 0.3 is 5.97 Å². The normalized spacial score (nSPS) is 16.1. The molecule has 36 heavy (non-hydrogen) atoms. The van der Waals surface area contributed by atoms with Gasteiger partial charge in [0.25, 0.3) is 0 Å². The Hall–Kier alpha value is -3.11. The number of carboxylic acid groups (broad SMARTS) is 1. The summed E-state index contributed by atoms with van der Waals surface area (Å²) in [7, 11) is -3.63. The smallest absolute Gasteiger partial charge is 0.337 e. The van der Waals surface area contributed by atoms with Crippen molar-refractivity contribution in [1.82, 2.24) is 5.32 Å². The van der Waals surface area contributed by atoms with Gasteiger partial charge in [0.15, 0.2) is 0 Å². The molecule has 0 radical (unpaired) electrons. The van der Waals surface area contributed by atoms with Crippen molar-refractivity contribution in [3.63, 3.8) is 0 Å². The molecule has 1 aliphatic carbocycles. The van der Waals surface area contributed by atoms with E-state index in [1.54, 1.807) is 12.1 Å². The second-order valence-corrected chi connectivity index (χ2v) is 11.0. The standard InChI is InChI=1S/C26H27ClN2O6S/c1-36(33,34)29-24-10-9-22(14-23(24)26(31)32)35-21-8-6-16-5-7-20(12-18(16)13-21)28-15-25(30)17-3-2-4-19(27)11-17/h2-4,6,8-11,13-14,20,25,28-30H,5,7,12,15H2,1H3,(H,31,32)/t20-,25-/m0/s1. The molecule has 8 nitrogen and oxygen atoms in total. The third-order valence-electron chi connectivity index (χ3n) is 5.99. The Labute approximate surface area is 214 Å². The molecule has 10 heteroatoms. The van der Waals surface area contributed by atoms with E-state index in [9.17, 15) is 23.4 Å². The molecule has 3 aromatic carbocycles. The maximum atomic E-state index is 11.6. The number of aryl methyl sites for hydroxylation is 1. The lowest BCUT2D eigenvalue weighted by molar-refractivity contribution is 0.0697. The van der Waals surface area contributed by atoms with Crippen molar-refractivity contribution in [3.05, 3.63) is 87.9 Å². The minimum atomic E-state index is -3.63. The van der Waals surface area contributed by atoms with Crippen LogP contribution in [0.15, 0.2) is 60.7 Å². The van der Waals surface area contributed by atoms with Crippen molar-refractivity contribution < 1.29 is 28.2 Å². The van der Waals surface area contributed by atoms with Gasteiger partial charge in [-0.25, -0.2) is 13.2 Å². The van der Waals surface area contributed by atoms with Crippen molar-refractivity contribution in [2.45, 2.75) is 31.4 Å². The summed E-state index contributed by atoms with van der Waals surface area (Å²) in [6.07, 6.45) is 2.87. The van der Waals surface area contributed by atoms with E-state index >= 15 is 0 Å². The van der Waals surface area contributed by atoms with E-state index in [0.717, 1.165) is 36.6 Å². The molecule has 0 saturated carbocycles. The number of aliphatic hydroxyl groups excluding tert-OH is 1. The number of ether oxygens (including phenoxy) is 1. The highest BCUT2D eigenvalue weighted by Gasteiger charge is 2.21. The van der Waals surface area contributed by atoms with Crippen molar-refractivity contribution in [2.24, 2.45) is 0 Å². The maximum absolute atomic E-state index is 11.6. The SMILES string of the molecule is CS(=O)(=O)Nc1ccc(Oc2ccc3c(c2)C[C@@H](NC[C@H](O)c2cccc(Cl)c2)CC3)cc1C(=O)O. The van der Waals surface area contributed by atoms with E-state index < -0.39 is 22.1 Å². The van der Waals surface area contributed by atoms with Crippen LogP contribution in [0.4, 0.5) is 5.69 Å². The average Bonchev–Trinajstić information content (AvgIpc) is 2.82. The molecule has 3 aromatic rings. The minimum Gasteiger partial charge on any atom is -0.478 e. The average molecular weight is 531 g/mol. The summed E-state index contributed by atoms with van der Waals surface area (Å²) >= 11 is 6.02. The molecular weight excluding hydrogens is 504 g/mol. The number of benzene rings is 3. The largest absolute Gasteiger partial charge is 0.478 e. The van der Waals surface area contributed by atoms with Crippen LogP contribution in [0, 0.1) is 0 Å². The summed E-state index contributed by atoms with van der Waals surface area (Å²) in [6, 6.07) is 17.3. The Morgan fingerprint density at radius 1 is 1.11 bits per heavy atom. The summed E-state index contributed by atoms with van der Waals surface area (Å²) in [5, 5.41) is 24.0. The van der Waals surface area contributed by atoms with E-state index in [-0.39, 0.29) is 23.0 Å². The Kier molecular flexibility index (Phi) is 7.85. The first-order chi connectivity index (χ1) is 17.1. The van der Waals surface area contributed by atoms with Gasteiger partial charge in [0.1, 0.15) is 11.5 Å². The molecule has 4 N–H and O–H groups in total. The van der Waals surface area contributed by atoms with E-state index in [0.29, 0.717) is 17.3 Å². The fourth-order valence-corrected chi connectivity index (χ4v) is 5.05. The van der Waals surface area contributed by atoms with Crippen LogP contribution in [0.5, 0.6) is 11.5 Å². The van der Waals surface area contributed by atoms with Crippen LogP contribution >= 0.6 is 11.6 Å². The van der Waals surface area contributed by atoms with Gasteiger partial charge in [-0.15, -0.1) is 0 Å². The van der Waals surface area contributed by atoms with E-state index in [4.69, 9.17) is 16.3 Å². The fourth-order valence-electron chi connectivity index (χ4n) is 4.27. The molecule has 190 valence electrons. The zero-order valence-corrected chi connectivity index (χ0v) is 21.1. The lowest BCUT2D eigenvalue weighted by atomic mass is 9.88. The Bertz CT molecular complexity index is 1380. The Morgan fingerprint density at radius 2 is 1.86 bits per heavy atom. The molecule has 0 saturated heterocycles. The third-order valence-corrected chi connectivity index (χ3v) is 6.82. The zero-order chi connectivity index (χ0) is 25.9. The van der Waals surface area contributed by atoms with Crippen LogP contribution < -0.4 is 14.8 Å². The van der Waals surface area contributed by atoms with Crippen molar-refractivity contribution in [2.75, 3.05) is 17.5 Å². The summed E-state index contributed by atoms with van der Waals surface area (Å²) in [6.45, 7) is 0.405. The van der Waals surface area contributed by atoms with Gasteiger partial charge in [0.2, 0.25) is 10.0 Å². The van der Waals surface area contributed by atoms with Gasteiger partial charge in [-0.2, -0.15) is 0 Å². The van der Waals surface area contributed by atoms with Crippen molar-refractivity contribution in [1.29, 1.82) is 0 Å². The van der Waals surface area contributed by atoms with Crippen molar-refractivity contribution in [3.8, 4) is 11.5 Å². The Balaban J connectivity index is 1.43. The van der Waals surface area contributed by atoms with Crippen LogP contribution in [-0.2, 0) is 22.9 Å². The first kappa shape index (κ1) is 26.0. The number of fused-ring (bicyclic) bond motifs is 1. The number of aliphatic hydroxyl groups is 1. The number of halogens is 1. The van der Waals surface area contributed by atoms with Gasteiger partial charge in [-0.05, 0) is 78.4 Å². The van der Waals surface area contributed by atoms with Crippen molar-refractivity contribution >= 4 is 33.3 Å². The number of nitrogens with one attached hydrogen (secondary N) is 2. The van der Waals surface area contributed by atoms with E-state index in [1.807, 2.05) is 30.3 Å². The Morgan fingerprint density at radius 3 is 2.58 bits per heavy atom. The van der Waals surface area contributed by atoms with E-state index in [1.165, 1.54) is 23.8 Å². The highest BCUT2D eigenvalue weighted by Crippen LogP contribution is 2.31. The lowest BCUT2D eigenvalue weighted by Crippen LogP contribution is -2.37. The topological polar surface area (TPSA) is 125 Å². The number of carbonyl (C=O) groups is 1. The van der Waals surface area contributed by atoms with Crippen LogP contribution in [0.2, 0.25) is 5.02 Å². The highest BCUT2D eigenvalue weighted by molar-refractivity contribution is 7.92. The summed E-state index contributed by atoms with van der Waals surface area (Å²) in [5.41, 5.74) is 2.85. The molecule has 0 aromatic heterocycles. The predicted octanol–water partition coefficient (Wildman–Crippen LogP) is 4.38. The third kappa shape index (κ3) is 6.76. The lowest BCUT2D eigenvalue weighted by Gasteiger charge is -2.27. The summed E-state index contributed by atoms with van der Waals surface area (Å²) in [4.78, 5) is 11.6. The first-order valence-corrected chi connectivity index (χ1v) is 13.7. The monoisotopic (exact) mass is 530 g/mol. The molecule has 0 bridgehead atoms. The maximum Gasteiger partial charge on any atom is 0.337 e. The van der Waals surface area contributed by atoms with Crippen LogP contribution in [0.25, 0.3) is 0 Å². The van der Waals surface area contributed by atoms with Crippen LogP contribution in [0.3, 0.4) is 0 Å². The summed E-state index contributed by atoms with van der Waals surface area (Å²) in [5.74, 6) is -0.444. The molecule has 0 spiro atoms. The molecule has 2 atom stereocenters. The van der Waals surface area contributed by atoms with Crippen LogP contribution in [-0.4, -0.2) is 43.4 Å². The van der Waals surface area contributed by atoms with Gasteiger partial charge in [0.05, 0.1) is 23.6 Å². The molecule has 0 unspecified atom stereocenters. The number of aromatic carboxylic acids is 1. The predicted molar refractivity (Wildman–Crippen MR) is 139 cm³/mol. The van der Waals surface area contributed by atoms with Gasteiger partial charge in [-0.3, -0.25) is 4.72 Å². The number of anilines is 1. The zero-order valence-electron chi connectivity index (χ0n) is 19.6. The van der Waals surface area contributed by atoms with Gasteiger partial charge < -0.3 is 20.3 Å². The second kappa shape index (κ2) is 10.9. The highest BCUT2D eigenvalue weighted by atomic mass is 35.5. The number of carboxylic acids is 1. The second-order valence-electron chi connectivity index (χ2n) is 8.84. The van der Waals surface area contributed by atoms with Gasteiger partial charge in [-0.1, -0.05) is 29.8 Å². The molecule has 4 rings (SSSR count). The minimum absolute atomic E-state index is 0.0309. The number of hydrogen-bond acceptors (Lipinski definition) is 6. The molecule has 0 fully saturated rings. The number of hydrogen-bond donors (Lipinski definition) is 4. The quantitative estimate of drug-likeness (QED) is 0.323. The molecular formula is C26H27ClN2O6S. The number of sulfonamides is 1. The molecule has 0 amide bonds. The fraction of sp³-hybridized carbons (Fsp3) is 0.269. The molecule has 0 aliphatic heterocycles. The molecule has 1 aliphatic rings. The van der Waals surface area contributed by atoms with Gasteiger partial charge in [0, 0.05) is 17.6 Å². The molecule has 0 heterocycles. The van der Waals surface area contributed by atoms with Crippen LogP contribution in [0.1, 0.15) is 39.6 Å². The first-order valence-electron chi connectivity index (χ1n) is 11.4.